The molecule has 0 unspecified atom stereocenters. The maximum absolute atomic E-state index is 4.26. The molecule has 6 rings (SSSR count). The molecule has 0 saturated heterocycles. The van der Waals surface area contributed by atoms with Crippen LogP contribution in [0.2, 0.25) is 12.6 Å². The summed E-state index contributed by atoms with van der Waals surface area (Å²) in [5.41, 5.74) is 12.6. The summed E-state index contributed by atoms with van der Waals surface area (Å²) in [6, 6.07) is 46.7. The van der Waals surface area contributed by atoms with E-state index in [9.17, 15) is 0 Å². The van der Waals surface area contributed by atoms with Crippen LogP contribution in [0.3, 0.4) is 0 Å². The monoisotopic (exact) mass is 720 g/mol. The van der Waals surface area contributed by atoms with Gasteiger partial charge in [0.15, 0.2) is 0 Å². The Hall–Kier alpha value is -3.23. The fraction of sp³-hybridized carbons (Fsp3) is 0.273. The molecule has 4 aromatic carbocycles. The van der Waals surface area contributed by atoms with Gasteiger partial charge in [-0.25, -0.2) is 0 Å². The molecule has 0 bridgehead atoms. The van der Waals surface area contributed by atoms with Gasteiger partial charge in [0.1, 0.15) is 0 Å². The summed E-state index contributed by atoms with van der Waals surface area (Å²) in [4.78, 5) is 0. The molecule has 0 aromatic heterocycles. The van der Waals surface area contributed by atoms with E-state index in [1.807, 2.05) is 0 Å². The Labute approximate surface area is 289 Å². The van der Waals surface area contributed by atoms with Gasteiger partial charge in [0.05, 0.1) is 0 Å². The third-order valence-corrected chi connectivity index (χ3v) is 26.6. The quantitative estimate of drug-likeness (QED) is 0.143. The Kier molecular flexibility index (Phi) is 10.7. The van der Waals surface area contributed by atoms with Crippen molar-refractivity contribution in [3.63, 3.8) is 0 Å². The van der Waals surface area contributed by atoms with Crippen molar-refractivity contribution in [1.82, 2.24) is 0 Å². The van der Waals surface area contributed by atoms with E-state index in [0.29, 0.717) is 13.4 Å². The van der Waals surface area contributed by atoms with Crippen LogP contribution in [0.5, 0.6) is 0 Å². The molecule has 0 nitrogen and oxygen atoms in total. The summed E-state index contributed by atoms with van der Waals surface area (Å²) >= 11 is -4.26. The molecule has 0 saturated carbocycles. The van der Waals surface area contributed by atoms with E-state index < -0.39 is 18.4 Å². The third kappa shape index (κ3) is 5.59. The zero-order valence-corrected chi connectivity index (χ0v) is 32.3. The number of allylic oxidation sites excluding steroid dienone is 4. The Morgan fingerprint density at radius 3 is 0.723 bits per heavy atom. The molecule has 4 aromatic rings. The molecule has 0 atom stereocenters. The molecular weight excluding hydrogens is 669 g/mol. The Morgan fingerprint density at radius 1 is 0.340 bits per heavy atom. The van der Waals surface area contributed by atoms with Crippen molar-refractivity contribution in [2.75, 3.05) is 0 Å². The summed E-state index contributed by atoms with van der Waals surface area (Å²) in [6.07, 6.45) is 6.59. The van der Waals surface area contributed by atoms with Gasteiger partial charge < -0.3 is 0 Å². The molecule has 0 N–H and O–H groups in total. The second-order valence-electron chi connectivity index (χ2n) is 13.2. The van der Waals surface area contributed by atoms with Gasteiger partial charge in [-0.1, -0.05) is 0 Å². The van der Waals surface area contributed by atoms with Crippen molar-refractivity contribution < 1.29 is 0 Å². The fourth-order valence-corrected chi connectivity index (χ4v) is 30.2. The van der Waals surface area contributed by atoms with E-state index in [1.54, 1.807) is 36.2 Å². The first-order valence-corrected chi connectivity index (χ1v) is 24.0. The zero-order valence-electron chi connectivity index (χ0n) is 29.4. The second-order valence-corrected chi connectivity index (χ2v) is 23.1. The molecule has 0 amide bonds. The van der Waals surface area contributed by atoms with Crippen molar-refractivity contribution in [2.24, 2.45) is 0 Å². The van der Waals surface area contributed by atoms with Crippen molar-refractivity contribution in [3.8, 4) is 0 Å². The molecule has 2 aliphatic heterocycles. The summed E-state index contributed by atoms with van der Waals surface area (Å²) in [6.45, 7) is 15.5. The van der Waals surface area contributed by atoms with Gasteiger partial charge in [0.2, 0.25) is 0 Å². The van der Waals surface area contributed by atoms with Gasteiger partial charge in [-0.05, 0) is 0 Å². The topological polar surface area (TPSA) is 0 Å². The van der Waals surface area contributed by atoms with E-state index in [4.69, 9.17) is 0 Å². The van der Waals surface area contributed by atoms with E-state index in [1.165, 1.54) is 22.3 Å². The van der Waals surface area contributed by atoms with Gasteiger partial charge in [0, 0.05) is 0 Å². The molecule has 2 aliphatic rings. The first-order chi connectivity index (χ1) is 23.1. The average molecular weight is 719 g/mol. The van der Waals surface area contributed by atoms with E-state index in [0.717, 1.165) is 38.3 Å². The number of benzene rings is 4. The van der Waals surface area contributed by atoms with Crippen LogP contribution in [0.15, 0.2) is 143 Å². The standard InChI is InChI=1S/2C22H25B.Sn/c2*1-4-21(17-19-13-9-7-10-14-19)23(6-3)22(5-2)18-20-15-11-8-12-16-20;/h2*7-16H,4-6H2,1-3H3;. The molecule has 47 heavy (non-hydrogen) atoms. The molecule has 3 heteroatoms. The van der Waals surface area contributed by atoms with Crippen LogP contribution in [0, 0.1) is 0 Å². The summed E-state index contributed by atoms with van der Waals surface area (Å²) in [5, 5.41) is 0. The number of hydrogen-bond donors (Lipinski definition) is 0. The van der Waals surface area contributed by atoms with Crippen LogP contribution in [-0.2, 0) is 0 Å². The fourth-order valence-electron chi connectivity index (χ4n) is 9.54. The number of hydrogen-bond acceptors (Lipinski definition) is 0. The second kappa shape index (κ2) is 14.9. The van der Waals surface area contributed by atoms with Gasteiger partial charge in [-0.2, -0.15) is 0 Å². The van der Waals surface area contributed by atoms with Crippen LogP contribution >= 0.6 is 0 Å². The van der Waals surface area contributed by atoms with Crippen molar-refractivity contribution in [3.05, 3.63) is 165 Å². The Bertz CT molecular complexity index is 1540. The molecular formula is C44H50B2Sn. The van der Waals surface area contributed by atoms with Gasteiger partial charge in [0.25, 0.3) is 0 Å². The van der Waals surface area contributed by atoms with Crippen LogP contribution in [0.4, 0.5) is 0 Å². The molecule has 0 fully saturated rings. The summed E-state index contributed by atoms with van der Waals surface area (Å²) in [7, 11) is 0. The zero-order chi connectivity index (χ0) is 33.0. The predicted octanol–water partition coefficient (Wildman–Crippen LogP) is 12.3. The first kappa shape index (κ1) is 33.7. The Balaban J connectivity index is 1.99. The van der Waals surface area contributed by atoms with E-state index in [-0.39, 0.29) is 0 Å². The van der Waals surface area contributed by atoms with Crippen LogP contribution in [0.1, 0.15) is 89.5 Å². The maximum atomic E-state index is 2.45. The van der Waals surface area contributed by atoms with Crippen molar-refractivity contribution in [1.29, 1.82) is 0 Å². The van der Waals surface area contributed by atoms with Crippen molar-refractivity contribution in [2.45, 2.75) is 79.9 Å². The van der Waals surface area contributed by atoms with E-state index in [2.05, 4.69) is 163 Å². The van der Waals surface area contributed by atoms with Crippen molar-refractivity contribution >= 4 is 46.2 Å². The molecule has 2 heterocycles. The SMILES string of the molecule is CCB1C(CC)=[C](c2ccccc2)[Sn]2([C](c3ccccc3)=C1CC)[C](c1ccccc1)=C(CC)B(CC)C(CC)=[C]2c1ccccc1. The Morgan fingerprint density at radius 2 is 0.553 bits per heavy atom. The van der Waals surface area contributed by atoms with Gasteiger partial charge in [-0.3, -0.25) is 0 Å². The molecule has 1 spiro atoms. The molecule has 0 radical (unpaired) electrons. The summed E-state index contributed by atoms with van der Waals surface area (Å²) in [5.74, 6) is 0. The van der Waals surface area contributed by atoms with Crippen LogP contribution in [0.25, 0.3) is 14.4 Å². The first-order valence-electron chi connectivity index (χ1n) is 18.3. The predicted molar refractivity (Wildman–Crippen MR) is 213 cm³/mol. The molecule has 236 valence electrons. The van der Waals surface area contributed by atoms with Crippen LogP contribution in [-0.4, -0.2) is 31.8 Å². The molecule has 0 aliphatic carbocycles. The van der Waals surface area contributed by atoms with Gasteiger partial charge in [-0.15, -0.1) is 0 Å². The minimum absolute atomic E-state index is 0.450. The van der Waals surface area contributed by atoms with Gasteiger partial charge >= 0.3 is 291 Å². The minimum atomic E-state index is -4.26. The summed E-state index contributed by atoms with van der Waals surface area (Å²) < 4.78 is 6.92. The average Bonchev–Trinajstić information content (AvgIpc) is 3.14. The van der Waals surface area contributed by atoms with Crippen LogP contribution < -0.4 is 0 Å². The number of rotatable bonds is 10. The third-order valence-electron chi connectivity index (χ3n) is 11.1. The normalized spacial score (nSPS) is 16.6. The van der Waals surface area contributed by atoms with E-state index >= 15 is 0 Å².